The van der Waals surface area contributed by atoms with Crippen molar-refractivity contribution in [2.24, 2.45) is 0 Å². The molecule has 2 rings (SSSR count). The second-order valence-corrected chi connectivity index (χ2v) is 5.80. The predicted molar refractivity (Wildman–Crippen MR) is 69.6 cm³/mol. The second-order valence-electron chi connectivity index (χ2n) is 3.77. The van der Waals surface area contributed by atoms with Gasteiger partial charge in [-0.1, -0.05) is 15.9 Å². The first kappa shape index (κ1) is 11.0. The van der Waals surface area contributed by atoms with Crippen LogP contribution in [0, 0.1) is 0 Å². The fraction of sp³-hybridized carbons (Fsp3) is 0.364. The lowest BCUT2D eigenvalue weighted by Crippen LogP contribution is -2.14. The van der Waals surface area contributed by atoms with Gasteiger partial charge in [0.25, 0.3) is 0 Å². The van der Waals surface area contributed by atoms with Gasteiger partial charge >= 0.3 is 0 Å². The number of hydrogen-bond acceptors (Lipinski definition) is 3. The van der Waals surface area contributed by atoms with Crippen LogP contribution < -0.4 is 0 Å². The van der Waals surface area contributed by atoms with Gasteiger partial charge in [-0.3, -0.25) is 0 Å². The molecule has 2 aromatic rings. The summed E-state index contributed by atoms with van der Waals surface area (Å²) in [4.78, 5) is 6.79. The minimum atomic E-state index is 1.03. The highest BCUT2D eigenvalue weighted by Crippen LogP contribution is 2.25. The molecule has 2 nitrogen and oxygen atoms in total. The first-order valence-corrected chi connectivity index (χ1v) is 6.46. The Morgan fingerprint density at radius 1 is 1.40 bits per heavy atom. The van der Waals surface area contributed by atoms with Crippen LogP contribution in [0.5, 0.6) is 0 Å². The molecule has 1 aromatic carbocycles. The smallest absolute Gasteiger partial charge is 0.0951 e. The Balaban J connectivity index is 2.23. The summed E-state index contributed by atoms with van der Waals surface area (Å²) in [5.74, 6) is 0. The van der Waals surface area contributed by atoms with Gasteiger partial charge in [0.1, 0.15) is 0 Å². The molecule has 0 bridgehead atoms. The Labute approximate surface area is 102 Å². The van der Waals surface area contributed by atoms with E-state index < -0.39 is 0 Å². The standard InChI is InChI=1S/C11H13BrN2S/c1-14(2)6-5-11-13-9-7-8(12)3-4-10(9)15-11/h3-4,7H,5-6H2,1-2H3. The number of thiazole rings is 1. The molecule has 0 saturated carbocycles. The molecular formula is C11H13BrN2S. The summed E-state index contributed by atoms with van der Waals surface area (Å²) in [6.07, 6.45) is 1.03. The van der Waals surface area contributed by atoms with Crippen LogP contribution in [0.1, 0.15) is 5.01 Å². The van der Waals surface area contributed by atoms with E-state index in [1.807, 2.05) is 0 Å². The summed E-state index contributed by atoms with van der Waals surface area (Å²) in [5.41, 5.74) is 1.10. The zero-order valence-electron chi connectivity index (χ0n) is 8.83. The topological polar surface area (TPSA) is 16.1 Å². The van der Waals surface area contributed by atoms with Crippen molar-refractivity contribution in [3.63, 3.8) is 0 Å². The van der Waals surface area contributed by atoms with E-state index in [-0.39, 0.29) is 0 Å². The lowest BCUT2D eigenvalue weighted by Gasteiger charge is -2.06. The molecule has 4 heteroatoms. The predicted octanol–water partition coefficient (Wildman–Crippen LogP) is 3.16. The van der Waals surface area contributed by atoms with Crippen molar-refractivity contribution in [2.45, 2.75) is 6.42 Å². The highest BCUT2D eigenvalue weighted by molar-refractivity contribution is 9.10. The average Bonchev–Trinajstić information content (AvgIpc) is 2.56. The van der Waals surface area contributed by atoms with E-state index in [2.05, 4.69) is 58.1 Å². The number of nitrogens with zero attached hydrogens (tertiary/aromatic N) is 2. The second kappa shape index (κ2) is 4.60. The summed E-state index contributed by atoms with van der Waals surface area (Å²) < 4.78 is 2.37. The Morgan fingerprint density at radius 2 is 2.20 bits per heavy atom. The fourth-order valence-electron chi connectivity index (χ4n) is 1.37. The zero-order valence-corrected chi connectivity index (χ0v) is 11.2. The quantitative estimate of drug-likeness (QED) is 0.861. The molecule has 1 heterocycles. The minimum Gasteiger partial charge on any atom is -0.309 e. The van der Waals surface area contributed by atoms with Crippen LogP contribution in [0.4, 0.5) is 0 Å². The van der Waals surface area contributed by atoms with Gasteiger partial charge in [0.15, 0.2) is 0 Å². The van der Waals surface area contributed by atoms with Crippen molar-refractivity contribution in [3.8, 4) is 0 Å². The van der Waals surface area contributed by atoms with E-state index in [1.54, 1.807) is 11.3 Å². The Morgan fingerprint density at radius 3 is 2.93 bits per heavy atom. The monoisotopic (exact) mass is 284 g/mol. The van der Waals surface area contributed by atoms with Gasteiger partial charge in [-0.25, -0.2) is 4.98 Å². The number of rotatable bonds is 3. The van der Waals surface area contributed by atoms with Gasteiger partial charge < -0.3 is 4.90 Å². The van der Waals surface area contributed by atoms with Crippen LogP contribution in [0.2, 0.25) is 0 Å². The van der Waals surface area contributed by atoms with E-state index in [1.165, 1.54) is 9.71 Å². The van der Waals surface area contributed by atoms with Gasteiger partial charge in [-0.2, -0.15) is 0 Å². The van der Waals surface area contributed by atoms with Crippen molar-refractivity contribution < 1.29 is 0 Å². The van der Waals surface area contributed by atoms with Crippen molar-refractivity contribution in [1.29, 1.82) is 0 Å². The van der Waals surface area contributed by atoms with Gasteiger partial charge in [0, 0.05) is 17.4 Å². The largest absolute Gasteiger partial charge is 0.309 e. The van der Waals surface area contributed by atoms with Gasteiger partial charge in [-0.05, 0) is 32.3 Å². The maximum Gasteiger partial charge on any atom is 0.0951 e. The number of likely N-dealkylation sites (N-methyl/N-ethyl adjacent to an activating group) is 1. The maximum absolute atomic E-state index is 4.61. The third-order valence-electron chi connectivity index (χ3n) is 2.17. The van der Waals surface area contributed by atoms with Crippen molar-refractivity contribution in [2.75, 3.05) is 20.6 Å². The highest BCUT2D eigenvalue weighted by Gasteiger charge is 2.04. The fourth-order valence-corrected chi connectivity index (χ4v) is 2.66. The molecule has 0 aliphatic carbocycles. The molecule has 0 amide bonds. The van der Waals surface area contributed by atoms with Crippen LogP contribution >= 0.6 is 27.3 Å². The van der Waals surface area contributed by atoms with E-state index in [0.717, 1.165) is 23.0 Å². The molecule has 0 aliphatic heterocycles. The highest BCUT2D eigenvalue weighted by atomic mass is 79.9. The molecule has 0 atom stereocenters. The van der Waals surface area contributed by atoms with Crippen LogP contribution in [-0.2, 0) is 6.42 Å². The van der Waals surface area contributed by atoms with Crippen LogP contribution in [0.25, 0.3) is 10.2 Å². The summed E-state index contributed by atoms with van der Waals surface area (Å²) in [6, 6.07) is 6.26. The maximum atomic E-state index is 4.61. The van der Waals surface area contributed by atoms with Crippen molar-refractivity contribution >= 4 is 37.5 Å². The third-order valence-corrected chi connectivity index (χ3v) is 3.76. The number of aromatic nitrogens is 1. The van der Waals surface area contributed by atoms with E-state index in [0.29, 0.717) is 0 Å². The lowest BCUT2D eigenvalue weighted by molar-refractivity contribution is 0.413. The van der Waals surface area contributed by atoms with E-state index in [9.17, 15) is 0 Å². The molecule has 1 aromatic heterocycles. The van der Waals surface area contributed by atoms with Crippen molar-refractivity contribution in [1.82, 2.24) is 9.88 Å². The lowest BCUT2D eigenvalue weighted by atomic mass is 10.3. The first-order valence-electron chi connectivity index (χ1n) is 4.85. The van der Waals surface area contributed by atoms with Gasteiger partial charge in [0.05, 0.1) is 15.2 Å². The van der Waals surface area contributed by atoms with Crippen molar-refractivity contribution in [3.05, 3.63) is 27.7 Å². The zero-order chi connectivity index (χ0) is 10.8. The number of halogens is 1. The number of fused-ring (bicyclic) bond motifs is 1. The molecule has 0 radical (unpaired) electrons. The van der Waals surface area contributed by atoms with E-state index >= 15 is 0 Å². The number of benzene rings is 1. The number of hydrogen-bond donors (Lipinski definition) is 0. The summed E-state index contributed by atoms with van der Waals surface area (Å²) in [7, 11) is 4.17. The van der Waals surface area contributed by atoms with Crippen LogP contribution in [0.3, 0.4) is 0 Å². The average molecular weight is 285 g/mol. The Hall–Kier alpha value is -0.450. The third kappa shape index (κ3) is 2.77. The van der Waals surface area contributed by atoms with Crippen LogP contribution in [0.15, 0.2) is 22.7 Å². The molecule has 0 unspecified atom stereocenters. The normalized spacial score (nSPS) is 11.5. The molecule has 0 fully saturated rings. The molecule has 0 spiro atoms. The molecule has 80 valence electrons. The first-order chi connectivity index (χ1) is 7.15. The summed E-state index contributed by atoms with van der Waals surface area (Å²) in [5, 5.41) is 1.22. The van der Waals surface area contributed by atoms with E-state index in [4.69, 9.17) is 0 Å². The minimum absolute atomic E-state index is 1.03. The van der Waals surface area contributed by atoms with Crippen LogP contribution in [-0.4, -0.2) is 30.5 Å². The molecule has 0 N–H and O–H groups in total. The van der Waals surface area contributed by atoms with Gasteiger partial charge in [0.2, 0.25) is 0 Å². The molecule has 0 aliphatic rings. The summed E-state index contributed by atoms with van der Waals surface area (Å²) in [6.45, 7) is 1.06. The Bertz CT molecular complexity index is 465. The Kier molecular flexibility index (Phi) is 3.38. The molecule has 0 saturated heterocycles. The SMILES string of the molecule is CN(C)CCc1nc2cc(Br)ccc2s1. The molecular weight excluding hydrogens is 272 g/mol. The van der Waals surface area contributed by atoms with Gasteiger partial charge in [-0.15, -0.1) is 11.3 Å². The summed E-state index contributed by atoms with van der Waals surface area (Å²) >= 11 is 5.25. The molecule has 15 heavy (non-hydrogen) atoms.